The maximum absolute atomic E-state index is 5.91. The van der Waals surface area contributed by atoms with Gasteiger partial charge in [0.05, 0.1) is 5.69 Å². The molecule has 0 saturated heterocycles. The fraction of sp³-hybridized carbons (Fsp3) is 0.500. The highest BCUT2D eigenvalue weighted by Gasteiger charge is 2.36. The van der Waals surface area contributed by atoms with Crippen LogP contribution in [0.4, 0.5) is 0 Å². The Bertz CT molecular complexity index is 531. The van der Waals surface area contributed by atoms with Crippen LogP contribution >= 0.6 is 11.3 Å². The number of hydrogen-bond acceptors (Lipinski definition) is 4. The van der Waals surface area contributed by atoms with Crippen LogP contribution in [0.15, 0.2) is 21.9 Å². The molecule has 2 atom stereocenters. The number of nitrogens with one attached hydrogen (secondary N) is 1. The van der Waals surface area contributed by atoms with Gasteiger partial charge in [-0.15, -0.1) is 11.3 Å². The van der Waals surface area contributed by atoms with Gasteiger partial charge in [0.25, 0.3) is 0 Å². The van der Waals surface area contributed by atoms with Crippen molar-refractivity contribution in [3.8, 4) is 10.8 Å². The van der Waals surface area contributed by atoms with Crippen molar-refractivity contribution in [2.75, 3.05) is 13.6 Å². The molecule has 2 heterocycles. The van der Waals surface area contributed by atoms with Crippen molar-refractivity contribution < 1.29 is 4.42 Å². The second-order valence-electron chi connectivity index (χ2n) is 5.02. The van der Waals surface area contributed by atoms with E-state index in [1.807, 2.05) is 7.05 Å². The number of rotatable bonds is 5. The predicted octanol–water partition coefficient (Wildman–Crippen LogP) is 3.29. The summed E-state index contributed by atoms with van der Waals surface area (Å²) in [5, 5.41) is 6.26. The molecule has 3 nitrogen and oxygen atoms in total. The van der Waals surface area contributed by atoms with Crippen LogP contribution in [-0.4, -0.2) is 18.6 Å². The zero-order chi connectivity index (χ0) is 12.5. The van der Waals surface area contributed by atoms with Crippen molar-refractivity contribution >= 4 is 11.3 Å². The van der Waals surface area contributed by atoms with Gasteiger partial charge in [0.15, 0.2) is 10.8 Å². The number of furan rings is 1. The average molecular weight is 262 g/mol. The summed E-state index contributed by atoms with van der Waals surface area (Å²) in [6, 6.07) is 4.17. The Hall–Kier alpha value is -1.13. The summed E-state index contributed by atoms with van der Waals surface area (Å²) in [6.07, 6.45) is 2.23. The average Bonchev–Trinajstić information content (AvgIpc) is 2.86. The van der Waals surface area contributed by atoms with Crippen LogP contribution in [-0.2, 0) is 6.42 Å². The number of nitrogens with zero attached hydrogens (tertiary/aromatic N) is 1. The first-order valence-corrected chi connectivity index (χ1v) is 7.35. The predicted molar refractivity (Wildman–Crippen MR) is 74.0 cm³/mol. The molecule has 0 bridgehead atoms. The van der Waals surface area contributed by atoms with E-state index in [1.54, 1.807) is 11.3 Å². The molecule has 2 aromatic heterocycles. The first kappa shape index (κ1) is 11.9. The van der Waals surface area contributed by atoms with E-state index in [4.69, 9.17) is 4.42 Å². The first-order chi connectivity index (χ1) is 8.78. The monoisotopic (exact) mass is 262 g/mol. The molecule has 18 heavy (non-hydrogen) atoms. The highest BCUT2D eigenvalue weighted by molar-refractivity contribution is 7.13. The van der Waals surface area contributed by atoms with Crippen molar-refractivity contribution in [1.82, 2.24) is 10.3 Å². The minimum Gasteiger partial charge on any atom is -0.458 e. The van der Waals surface area contributed by atoms with Crippen LogP contribution < -0.4 is 5.32 Å². The van der Waals surface area contributed by atoms with Crippen LogP contribution in [0.5, 0.6) is 0 Å². The second-order valence-corrected chi connectivity index (χ2v) is 5.88. The standard InChI is InChI=1S/C14H18N2OS/c1-9-7-11(9)12-3-4-13(17-12)14-16-10(8-18-14)5-6-15-2/h3-4,8-9,11,15H,5-7H2,1-2H3. The van der Waals surface area contributed by atoms with Gasteiger partial charge >= 0.3 is 0 Å². The minimum absolute atomic E-state index is 0.641. The third kappa shape index (κ3) is 2.35. The van der Waals surface area contributed by atoms with E-state index in [2.05, 4.69) is 34.7 Å². The van der Waals surface area contributed by atoms with Gasteiger partial charge in [-0.2, -0.15) is 0 Å². The molecule has 0 spiro atoms. The topological polar surface area (TPSA) is 38.1 Å². The molecule has 1 aliphatic carbocycles. The third-order valence-electron chi connectivity index (χ3n) is 3.50. The van der Waals surface area contributed by atoms with Crippen molar-refractivity contribution in [3.05, 3.63) is 29.0 Å². The Balaban J connectivity index is 1.73. The van der Waals surface area contributed by atoms with Crippen molar-refractivity contribution in [2.45, 2.75) is 25.7 Å². The van der Waals surface area contributed by atoms with E-state index in [0.29, 0.717) is 5.92 Å². The molecule has 3 rings (SSSR count). The summed E-state index contributed by atoms with van der Waals surface area (Å²) in [7, 11) is 1.96. The zero-order valence-electron chi connectivity index (χ0n) is 10.8. The summed E-state index contributed by atoms with van der Waals surface area (Å²) in [5.74, 6) is 3.48. The summed E-state index contributed by atoms with van der Waals surface area (Å²) in [4.78, 5) is 4.61. The van der Waals surface area contributed by atoms with Gasteiger partial charge in [-0.05, 0) is 31.5 Å². The largest absolute Gasteiger partial charge is 0.458 e. The molecule has 1 saturated carbocycles. The van der Waals surface area contributed by atoms with E-state index in [1.165, 1.54) is 6.42 Å². The number of hydrogen-bond donors (Lipinski definition) is 1. The van der Waals surface area contributed by atoms with E-state index in [0.717, 1.165) is 41.1 Å². The van der Waals surface area contributed by atoms with Crippen LogP contribution in [0, 0.1) is 5.92 Å². The summed E-state index contributed by atoms with van der Waals surface area (Å²) in [6.45, 7) is 3.23. The molecule has 0 aliphatic heterocycles. The Labute approximate surface area is 111 Å². The number of thiazole rings is 1. The Morgan fingerprint density at radius 2 is 2.33 bits per heavy atom. The Kier molecular flexibility index (Phi) is 3.22. The van der Waals surface area contributed by atoms with Gasteiger partial charge in [-0.25, -0.2) is 4.98 Å². The third-order valence-corrected chi connectivity index (χ3v) is 4.40. The summed E-state index contributed by atoms with van der Waals surface area (Å²) >= 11 is 1.67. The van der Waals surface area contributed by atoms with Gasteiger partial charge in [0, 0.05) is 24.3 Å². The molecular formula is C14H18N2OS. The lowest BCUT2D eigenvalue weighted by atomic mass is 10.3. The molecule has 0 radical (unpaired) electrons. The molecule has 4 heteroatoms. The number of likely N-dealkylation sites (N-methyl/N-ethyl adjacent to an activating group) is 1. The molecule has 0 aromatic carbocycles. The SMILES string of the molecule is CNCCc1csc(-c2ccc(C3CC3C)o2)n1. The Morgan fingerprint density at radius 3 is 3.06 bits per heavy atom. The molecule has 2 unspecified atom stereocenters. The van der Waals surface area contributed by atoms with E-state index < -0.39 is 0 Å². The maximum atomic E-state index is 5.91. The summed E-state index contributed by atoms with van der Waals surface area (Å²) in [5.41, 5.74) is 1.14. The first-order valence-electron chi connectivity index (χ1n) is 6.47. The van der Waals surface area contributed by atoms with Crippen molar-refractivity contribution in [3.63, 3.8) is 0 Å². The highest BCUT2D eigenvalue weighted by Crippen LogP contribution is 2.48. The lowest BCUT2D eigenvalue weighted by Crippen LogP contribution is -2.10. The van der Waals surface area contributed by atoms with E-state index in [-0.39, 0.29) is 0 Å². The minimum atomic E-state index is 0.641. The zero-order valence-corrected chi connectivity index (χ0v) is 11.6. The molecule has 0 amide bonds. The van der Waals surface area contributed by atoms with Gasteiger partial charge in [0.1, 0.15) is 5.76 Å². The molecule has 1 N–H and O–H groups in total. The van der Waals surface area contributed by atoms with Gasteiger partial charge in [-0.3, -0.25) is 0 Å². The maximum Gasteiger partial charge on any atom is 0.162 e. The van der Waals surface area contributed by atoms with Gasteiger partial charge in [0.2, 0.25) is 0 Å². The lowest BCUT2D eigenvalue weighted by Gasteiger charge is -1.94. The fourth-order valence-electron chi connectivity index (χ4n) is 2.17. The van der Waals surface area contributed by atoms with Crippen molar-refractivity contribution in [1.29, 1.82) is 0 Å². The lowest BCUT2D eigenvalue weighted by molar-refractivity contribution is 0.518. The van der Waals surface area contributed by atoms with Crippen LogP contribution in [0.25, 0.3) is 10.8 Å². The van der Waals surface area contributed by atoms with E-state index in [9.17, 15) is 0 Å². The molecule has 96 valence electrons. The van der Waals surface area contributed by atoms with E-state index >= 15 is 0 Å². The van der Waals surface area contributed by atoms with Crippen LogP contribution in [0.1, 0.15) is 30.7 Å². The second kappa shape index (κ2) is 4.86. The quantitative estimate of drug-likeness (QED) is 0.898. The molecule has 2 aromatic rings. The normalized spacial score (nSPS) is 22.3. The van der Waals surface area contributed by atoms with Crippen molar-refractivity contribution in [2.24, 2.45) is 5.92 Å². The van der Waals surface area contributed by atoms with Crippen LogP contribution in [0.2, 0.25) is 0 Å². The van der Waals surface area contributed by atoms with Gasteiger partial charge < -0.3 is 9.73 Å². The fourth-order valence-corrected chi connectivity index (χ4v) is 2.99. The molecule has 1 fully saturated rings. The number of aromatic nitrogens is 1. The summed E-state index contributed by atoms with van der Waals surface area (Å²) < 4.78 is 5.91. The van der Waals surface area contributed by atoms with Gasteiger partial charge in [-0.1, -0.05) is 6.92 Å². The Morgan fingerprint density at radius 1 is 1.50 bits per heavy atom. The molecular weight excluding hydrogens is 244 g/mol. The molecule has 1 aliphatic rings. The van der Waals surface area contributed by atoms with Crippen LogP contribution in [0.3, 0.4) is 0 Å². The highest BCUT2D eigenvalue weighted by atomic mass is 32.1. The smallest absolute Gasteiger partial charge is 0.162 e.